The van der Waals surface area contributed by atoms with Crippen LogP contribution in [0.5, 0.6) is 11.5 Å². The number of benzene rings is 2. The van der Waals surface area contributed by atoms with Gasteiger partial charge in [-0.25, -0.2) is 8.78 Å². The molecule has 0 aliphatic rings. The van der Waals surface area contributed by atoms with Gasteiger partial charge in [-0.15, -0.1) is 0 Å². The molecule has 0 amide bonds. The Morgan fingerprint density at radius 1 is 1.16 bits per heavy atom. The first kappa shape index (κ1) is 13.8. The Morgan fingerprint density at radius 3 is 2.63 bits per heavy atom. The topological polar surface area (TPSA) is 18.5 Å². The van der Waals surface area contributed by atoms with Crippen LogP contribution in [0, 0.1) is 11.6 Å². The van der Waals surface area contributed by atoms with E-state index in [1.807, 2.05) is 0 Å². The third-order valence-corrected chi connectivity index (χ3v) is 3.17. The van der Waals surface area contributed by atoms with E-state index in [2.05, 4.69) is 15.9 Å². The molecule has 0 unspecified atom stereocenters. The Balaban J connectivity index is 2.12. The summed E-state index contributed by atoms with van der Waals surface area (Å²) in [4.78, 5) is 0. The van der Waals surface area contributed by atoms with E-state index in [0.29, 0.717) is 16.0 Å². The molecule has 0 bridgehead atoms. The molecule has 0 spiro atoms. The van der Waals surface area contributed by atoms with Crippen molar-refractivity contribution < 1.29 is 18.3 Å². The van der Waals surface area contributed by atoms with Gasteiger partial charge in [-0.1, -0.05) is 12.1 Å². The molecule has 19 heavy (non-hydrogen) atoms. The van der Waals surface area contributed by atoms with Crippen LogP contribution in [0.1, 0.15) is 5.56 Å². The van der Waals surface area contributed by atoms with E-state index in [1.165, 1.54) is 12.1 Å². The van der Waals surface area contributed by atoms with Crippen LogP contribution in [0.2, 0.25) is 0 Å². The van der Waals surface area contributed by atoms with Gasteiger partial charge < -0.3 is 9.47 Å². The lowest BCUT2D eigenvalue weighted by Gasteiger charge is -2.10. The molecule has 2 aromatic carbocycles. The third-order valence-electron chi connectivity index (χ3n) is 2.55. The summed E-state index contributed by atoms with van der Waals surface area (Å²) in [6, 6.07) is 9.15. The van der Waals surface area contributed by atoms with Crippen LogP contribution in [-0.2, 0) is 6.61 Å². The molecule has 0 N–H and O–H groups in total. The zero-order valence-electron chi connectivity index (χ0n) is 10.1. The normalized spacial score (nSPS) is 10.3. The van der Waals surface area contributed by atoms with Gasteiger partial charge in [-0.2, -0.15) is 0 Å². The first-order valence-corrected chi connectivity index (χ1v) is 6.30. The van der Waals surface area contributed by atoms with Crippen LogP contribution in [0.15, 0.2) is 40.9 Å². The molecule has 0 aliphatic heterocycles. The highest BCUT2D eigenvalue weighted by molar-refractivity contribution is 9.10. The number of ether oxygens (including phenoxy) is 2. The Bertz CT molecular complexity index is 588. The Hall–Kier alpha value is -1.62. The van der Waals surface area contributed by atoms with E-state index in [4.69, 9.17) is 9.47 Å². The van der Waals surface area contributed by atoms with E-state index < -0.39 is 11.6 Å². The number of halogens is 3. The average Bonchev–Trinajstić information content (AvgIpc) is 2.41. The molecule has 0 saturated carbocycles. The standard InChI is InChI=1S/C14H11BrF2O2/c1-18-10-5-6-13(11(15)7-10)19-8-9-3-2-4-12(16)14(9)17/h2-7H,8H2,1H3. The second kappa shape index (κ2) is 6.02. The molecule has 2 aromatic rings. The molecule has 0 heterocycles. The fraction of sp³-hybridized carbons (Fsp3) is 0.143. The van der Waals surface area contributed by atoms with Crippen molar-refractivity contribution >= 4 is 15.9 Å². The van der Waals surface area contributed by atoms with Gasteiger partial charge in [0.1, 0.15) is 18.1 Å². The summed E-state index contributed by atoms with van der Waals surface area (Å²) in [5, 5.41) is 0. The maximum Gasteiger partial charge on any atom is 0.165 e. The molecule has 0 aromatic heterocycles. The first-order valence-electron chi connectivity index (χ1n) is 5.51. The third kappa shape index (κ3) is 3.23. The smallest absolute Gasteiger partial charge is 0.165 e. The Labute approximate surface area is 118 Å². The summed E-state index contributed by atoms with van der Waals surface area (Å²) in [6.07, 6.45) is 0. The number of hydrogen-bond donors (Lipinski definition) is 0. The van der Waals surface area contributed by atoms with Crippen molar-refractivity contribution in [3.8, 4) is 11.5 Å². The zero-order valence-corrected chi connectivity index (χ0v) is 11.7. The molecule has 0 radical (unpaired) electrons. The molecule has 0 atom stereocenters. The van der Waals surface area contributed by atoms with Gasteiger partial charge in [0, 0.05) is 5.56 Å². The van der Waals surface area contributed by atoms with Crippen molar-refractivity contribution in [1.82, 2.24) is 0 Å². The van der Waals surface area contributed by atoms with Crippen LogP contribution >= 0.6 is 15.9 Å². The Kier molecular flexibility index (Phi) is 4.37. The summed E-state index contributed by atoms with van der Waals surface area (Å²) < 4.78 is 37.6. The molecular weight excluding hydrogens is 318 g/mol. The maximum absolute atomic E-state index is 13.4. The summed E-state index contributed by atoms with van der Waals surface area (Å²) in [7, 11) is 1.56. The van der Waals surface area contributed by atoms with Crippen molar-refractivity contribution in [3.05, 3.63) is 58.1 Å². The second-order valence-corrected chi connectivity index (χ2v) is 4.65. The summed E-state index contributed by atoms with van der Waals surface area (Å²) >= 11 is 3.32. The zero-order chi connectivity index (χ0) is 13.8. The van der Waals surface area contributed by atoms with E-state index in [9.17, 15) is 8.78 Å². The monoisotopic (exact) mass is 328 g/mol. The van der Waals surface area contributed by atoms with Gasteiger partial charge in [0.2, 0.25) is 0 Å². The average molecular weight is 329 g/mol. The second-order valence-electron chi connectivity index (χ2n) is 3.80. The summed E-state index contributed by atoms with van der Waals surface area (Å²) in [5.74, 6) is -0.553. The van der Waals surface area contributed by atoms with Gasteiger partial charge in [-0.3, -0.25) is 0 Å². The molecule has 5 heteroatoms. The molecule has 100 valence electrons. The molecule has 2 nitrogen and oxygen atoms in total. The van der Waals surface area contributed by atoms with E-state index in [1.54, 1.807) is 25.3 Å². The van der Waals surface area contributed by atoms with Gasteiger partial charge in [0.25, 0.3) is 0 Å². The summed E-state index contributed by atoms with van der Waals surface area (Å²) in [5.41, 5.74) is 0.169. The van der Waals surface area contributed by atoms with Crippen molar-refractivity contribution in [3.63, 3.8) is 0 Å². The molecule has 0 aliphatic carbocycles. The SMILES string of the molecule is COc1ccc(OCc2cccc(F)c2F)c(Br)c1. The first-order chi connectivity index (χ1) is 9.11. The lowest BCUT2D eigenvalue weighted by molar-refractivity contribution is 0.294. The van der Waals surface area contributed by atoms with Crippen LogP contribution in [-0.4, -0.2) is 7.11 Å². The quantitative estimate of drug-likeness (QED) is 0.832. The van der Waals surface area contributed by atoms with E-state index >= 15 is 0 Å². The van der Waals surface area contributed by atoms with Gasteiger partial charge >= 0.3 is 0 Å². The van der Waals surface area contributed by atoms with Crippen LogP contribution < -0.4 is 9.47 Å². The minimum absolute atomic E-state index is 0.0471. The number of methoxy groups -OCH3 is 1. The van der Waals surface area contributed by atoms with E-state index in [0.717, 1.165) is 6.07 Å². The highest BCUT2D eigenvalue weighted by Crippen LogP contribution is 2.29. The number of hydrogen-bond acceptors (Lipinski definition) is 2. The largest absolute Gasteiger partial charge is 0.497 e. The minimum atomic E-state index is -0.882. The molecule has 0 fully saturated rings. The van der Waals surface area contributed by atoms with Gasteiger partial charge in [0.05, 0.1) is 11.6 Å². The maximum atomic E-state index is 13.4. The molecular formula is C14H11BrF2O2. The predicted octanol–water partition coefficient (Wildman–Crippen LogP) is 4.31. The van der Waals surface area contributed by atoms with Crippen molar-refractivity contribution in [1.29, 1.82) is 0 Å². The van der Waals surface area contributed by atoms with Crippen molar-refractivity contribution in [2.75, 3.05) is 7.11 Å². The highest BCUT2D eigenvalue weighted by atomic mass is 79.9. The Morgan fingerprint density at radius 2 is 1.95 bits per heavy atom. The van der Waals surface area contributed by atoms with Crippen LogP contribution in [0.4, 0.5) is 8.78 Å². The van der Waals surface area contributed by atoms with E-state index in [-0.39, 0.29) is 12.2 Å². The lowest BCUT2D eigenvalue weighted by Crippen LogP contribution is -2.00. The van der Waals surface area contributed by atoms with Crippen molar-refractivity contribution in [2.24, 2.45) is 0 Å². The van der Waals surface area contributed by atoms with Gasteiger partial charge in [-0.05, 0) is 40.2 Å². The van der Waals surface area contributed by atoms with Crippen molar-refractivity contribution in [2.45, 2.75) is 6.61 Å². The lowest BCUT2D eigenvalue weighted by atomic mass is 10.2. The minimum Gasteiger partial charge on any atom is -0.497 e. The van der Waals surface area contributed by atoms with Crippen LogP contribution in [0.3, 0.4) is 0 Å². The summed E-state index contributed by atoms with van der Waals surface area (Å²) in [6.45, 7) is -0.0471. The fourth-order valence-electron chi connectivity index (χ4n) is 1.54. The highest BCUT2D eigenvalue weighted by Gasteiger charge is 2.09. The molecule has 2 rings (SSSR count). The fourth-order valence-corrected chi connectivity index (χ4v) is 2.01. The van der Waals surface area contributed by atoms with Crippen LogP contribution in [0.25, 0.3) is 0 Å². The predicted molar refractivity (Wildman–Crippen MR) is 71.4 cm³/mol. The van der Waals surface area contributed by atoms with Gasteiger partial charge in [0.15, 0.2) is 11.6 Å². The number of rotatable bonds is 4. The molecule has 0 saturated heterocycles.